The maximum Gasteiger partial charge on any atom is -0.0162 e. The van der Waals surface area contributed by atoms with Crippen LogP contribution in [0, 0.1) is 17.8 Å². The summed E-state index contributed by atoms with van der Waals surface area (Å²) in [4.78, 5) is 0. The summed E-state index contributed by atoms with van der Waals surface area (Å²) < 4.78 is 0. The minimum Gasteiger partial charge on any atom is -0.0654 e. The molecule has 0 amide bonds. The SMILES string of the molecule is CCCc1ccc(C2CCC(C3CCC(CCC)CC3)CC2)cc1. The second-order valence-corrected chi connectivity index (χ2v) is 8.67. The van der Waals surface area contributed by atoms with Crippen LogP contribution in [0.3, 0.4) is 0 Å². The van der Waals surface area contributed by atoms with Gasteiger partial charge in [0.2, 0.25) is 0 Å². The largest absolute Gasteiger partial charge is 0.0654 e. The highest BCUT2D eigenvalue weighted by Gasteiger charge is 2.30. The molecule has 0 saturated heterocycles. The molecule has 0 radical (unpaired) electrons. The van der Waals surface area contributed by atoms with Crippen LogP contribution >= 0.6 is 0 Å². The Bertz CT molecular complexity index is 455. The zero-order valence-corrected chi connectivity index (χ0v) is 16.1. The Morgan fingerprint density at radius 3 is 1.83 bits per heavy atom. The van der Waals surface area contributed by atoms with Crippen molar-refractivity contribution in [3.8, 4) is 0 Å². The van der Waals surface area contributed by atoms with Gasteiger partial charge in [-0.15, -0.1) is 0 Å². The summed E-state index contributed by atoms with van der Waals surface area (Å²) in [7, 11) is 0. The van der Waals surface area contributed by atoms with Gasteiger partial charge in [0.15, 0.2) is 0 Å². The maximum absolute atomic E-state index is 2.42. The molecule has 0 unspecified atom stereocenters. The van der Waals surface area contributed by atoms with Gasteiger partial charge in [0, 0.05) is 0 Å². The molecule has 2 fully saturated rings. The summed E-state index contributed by atoms with van der Waals surface area (Å²) in [6.45, 7) is 4.62. The van der Waals surface area contributed by atoms with Gasteiger partial charge in [0.1, 0.15) is 0 Å². The highest BCUT2D eigenvalue weighted by atomic mass is 14.4. The number of hydrogen-bond acceptors (Lipinski definition) is 0. The first-order valence-corrected chi connectivity index (χ1v) is 10.9. The molecule has 3 rings (SSSR count). The van der Waals surface area contributed by atoms with Crippen LogP contribution in [0.1, 0.15) is 102 Å². The fourth-order valence-electron chi connectivity index (χ4n) is 5.53. The third kappa shape index (κ3) is 4.64. The molecule has 2 aliphatic rings. The van der Waals surface area contributed by atoms with Gasteiger partial charge >= 0.3 is 0 Å². The smallest absolute Gasteiger partial charge is 0.0162 e. The van der Waals surface area contributed by atoms with Gasteiger partial charge in [-0.05, 0) is 79.7 Å². The molecule has 0 atom stereocenters. The van der Waals surface area contributed by atoms with Crippen LogP contribution in [-0.4, -0.2) is 0 Å². The average Bonchev–Trinajstić information content (AvgIpc) is 2.64. The number of rotatable bonds is 6. The molecule has 0 aliphatic heterocycles. The highest BCUT2D eigenvalue weighted by molar-refractivity contribution is 5.26. The van der Waals surface area contributed by atoms with Crippen LogP contribution in [-0.2, 0) is 6.42 Å². The van der Waals surface area contributed by atoms with E-state index in [0.29, 0.717) is 0 Å². The predicted molar refractivity (Wildman–Crippen MR) is 105 cm³/mol. The molecular weight excluding hydrogens is 288 g/mol. The van der Waals surface area contributed by atoms with Crippen molar-refractivity contribution in [1.29, 1.82) is 0 Å². The van der Waals surface area contributed by atoms with Crippen molar-refractivity contribution in [2.45, 2.75) is 96.8 Å². The van der Waals surface area contributed by atoms with Crippen molar-refractivity contribution in [2.24, 2.45) is 17.8 Å². The van der Waals surface area contributed by atoms with Crippen molar-refractivity contribution in [1.82, 2.24) is 0 Å². The number of hydrogen-bond donors (Lipinski definition) is 0. The Hall–Kier alpha value is -0.780. The molecule has 1 aromatic carbocycles. The van der Waals surface area contributed by atoms with E-state index in [-0.39, 0.29) is 0 Å². The zero-order chi connectivity index (χ0) is 16.8. The fraction of sp³-hybridized carbons (Fsp3) is 0.750. The topological polar surface area (TPSA) is 0 Å². The third-order valence-electron chi connectivity index (χ3n) is 7.02. The van der Waals surface area contributed by atoms with E-state index in [0.717, 1.165) is 23.7 Å². The van der Waals surface area contributed by atoms with Gasteiger partial charge in [-0.1, -0.05) is 70.2 Å². The number of aryl methyl sites for hydroxylation is 1. The molecule has 0 heterocycles. The molecule has 0 nitrogen and oxygen atoms in total. The summed E-state index contributed by atoms with van der Waals surface area (Å²) in [6.07, 6.45) is 17.3. The second-order valence-electron chi connectivity index (χ2n) is 8.67. The Balaban J connectivity index is 1.45. The summed E-state index contributed by atoms with van der Waals surface area (Å²) >= 11 is 0. The first-order valence-electron chi connectivity index (χ1n) is 10.9. The van der Waals surface area contributed by atoms with Gasteiger partial charge in [-0.3, -0.25) is 0 Å². The first-order chi connectivity index (χ1) is 11.8. The molecule has 0 aromatic heterocycles. The Morgan fingerprint density at radius 2 is 1.29 bits per heavy atom. The summed E-state index contributed by atoms with van der Waals surface area (Å²) in [5.74, 6) is 4.01. The fourth-order valence-corrected chi connectivity index (χ4v) is 5.53. The molecule has 0 bridgehead atoms. The minimum atomic E-state index is 0.841. The van der Waals surface area contributed by atoms with E-state index < -0.39 is 0 Å². The van der Waals surface area contributed by atoms with Crippen molar-refractivity contribution in [3.63, 3.8) is 0 Å². The van der Waals surface area contributed by atoms with Crippen molar-refractivity contribution >= 4 is 0 Å². The lowest BCUT2D eigenvalue weighted by atomic mass is 9.68. The van der Waals surface area contributed by atoms with Crippen LogP contribution < -0.4 is 0 Å². The molecule has 24 heavy (non-hydrogen) atoms. The van der Waals surface area contributed by atoms with Crippen molar-refractivity contribution in [2.75, 3.05) is 0 Å². The summed E-state index contributed by atoms with van der Waals surface area (Å²) in [6, 6.07) is 9.59. The highest BCUT2D eigenvalue weighted by Crippen LogP contribution is 2.44. The molecule has 0 spiro atoms. The normalized spacial score (nSPS) is 31.1. The molecular formula is C24H38. The standard InChI is InChI=1S/C24H38/c1-3-5-19-7-11-21(12-8-19)23-15-17-24(18-16-23)22-13-9-20(6-4-2)10-14-22/h7-8,11-12,20,22-24H,3-6,9-10,13-18H2,1-2H3. The van der Waals surface area contributed by atoms with Crippen LogP contribution in [0.4, 0.5) is 0 Å². The molecule has 0 N–H and O–H groups in total. The minimum absolute atomic E-state index is 0.841. The third-order valence-corrected chi connectivity index (χ3v) is 7.02. The quantitative estimate of drug-likeness (QED) is 0.507. The first kappa shape index (κ1) is 18.0. The lowest BCUT2D eigenvalue weighted by Crippen LogP contribution is -2.25. The number of benzene rings is 1. The predicted octanol–water partition coefficient (Wildman–Crippen LogP) is 7.52. The van der Waals surface area contributed by atoms with E-state index in [1.807, 2.05) is 0 Å². The molecule has 2 aliphatic carbocycles. The summed E-state index contributed by atoms with van der Waals surface area (Å²) in [5.41, 5.74) is 3.12. The van der Waals surface area contributed by atoms with E-state index in [1.54, 1.807) is 5.56 Å². The van der Waals surface area contributed by atoms with Crippen LogP contribution in [0.15, 0.2) is 24.3 Å². The van der Waals surface area contributed by atoms with E-state index in [4.69, 9.17) is 0 Å². The Kier molecular flexibility index (Phi) is 6.81. The molecule has 2 saturated carbocycles. The van der Waals surface area contributed by atoms with Crippen LogP contribution in [0.25, 0.3) is 0 Å². The zero-order valence-electron chi connectivity index (χ0n) is 16.1. The summed E-state index contributed by atoms with van der Waals surface area (Å²) in [5, 5.41) is 0. The van der Waals surface area contributed by atoms with E-state index >= 15 is 0 Å². The maximum atomic E-state index is 2.42. The monoisotopic (exact) mass is 326 g/mol. The lowest BCUT2D eigenvalue weighted by molar-refractivity contribution is 0.156. The van der Waals surface area contributed by atoms with Gasteiger partial charge in [-0.2, -0.15) is 0 Å². The van der Waals surface area contributed by atoms with E-state index in [1.165, 1.54) is 82.6 Å². The molecule has 0 heteroatoms. The van der Waals surface area contributed by atoms with Gasteiger partial charge in [0.25, 0.3) is 0 Å². The average molecular weight is 327 g/mol. The van der Waals surface area contributed by atoms with Crippen molar-refractivity contribution in [3.05, 3.63) is 35.4 Å². The van der Waals surface area contributed by atoms with Crippen LogP contribution in [0.5, 0.6) is 0 Å². The second kappa shape index (κ2) is 9.07. The van der Waals surface area contributed by atoms with Gasteiger partial charge in [-0.25, -0.2) is 0 Å². The Labute approximate surface area is 150 Å². The van der Waals surface area contributed by atoms with Gasteiger partial charge in [0.05, 0.1) is 0 Å². The lowest BCUT2D eigenvalue weighted by Gasteiger charge is -2.38. The van der Waals surface area contributed by atoms with Crippen LogP contribution in [0.2, 0.25) is 0 Å². The van der Waals surface area contributed by atoms with Gasteiger partial charge < -0.3 is 0 Å². The molecule has 134 valence electrons. The van der Waals surface area contributed by atoms with Crippen molar-refractivity contribution < 1.29 is 0 Å². The molecule has 1 aromatic rings. The van der Waals surface area contributed by atoms with E-state index in [2.05, 4.69) is 38.1 Å². The van der Waals surface area contributed by atoms with E-state index in [9.17, 15) is 0 Å². The Morgan fingerprint density at radius 1 is 0.708 bits per heavy atom.